The van der Waals surface area contributed by atoms with E-state index in [2.05, 4.69) is 10.0 Å². The molecule has 0 saturated heterocycles. The van der Waals surface area contributed by atoms with E-state index in [1.165, 1.54) is 48.5 Å². The molecule has 0 radical (unpaired) electrons. The first-order valence-corrected chi connectivity index (χ1v) is 12.5. The summed E-state index contributed by atoms with van der Waals surface area (Å²) in [6.45, 7) is -0.871. The third kappa shape index (κ3) is 5.39. The van der Waals surface area contributed by atoms with Crippen molar-refractivity contribution in [1.29, 1.82) is 0 Å². The Balaban J connectivity index is 2.13. The fraction of sp³-hybridized carbons (Fsp3) is 0.143. The highest BCUT2D eigenvalue weighted by atomic mass is 32.3. The summed E-state index contributed by atoms with van der Waals surface area (Å²) >= 11 is 0. The highest BCUT2D eigenvalue weighted by Crippen LogP contribution is 2.32. The van der Waals surface area contributed by atoms with Gasteiger partial charge in [-0.15, -0.1) is 0 Å². The molecule has 13 heteroatoms. The van der Waals surface area contributed by atoms with E-state index in [1.807, 2.05) is 0 Å². The fourth-order valence-electron chi connectivity index (χ4n) is 3.05. The minimum atomic E-state index is -4.68. The van der Waals surface area contributed by atoms with Gasteiger partial charge in [-0.05, 0) is 47.5 Å². The number of hydrogen-bond donors (Lipinski definition) is 0. The van der Waals surface area contributed by atoms with E-state index in [0.717, 1.165) is 24.3 Å². The molecule has 3 rings (SSSR count). The summed E-state index contributed by atoms with van der Waals surface area (Å²) in [6.07, 6.45) is -4.62. The van der Waals surface area contributed by atoms with Crippen LogP contribution in [0.15, 0.2) is 99.8 Å². The van der Waals surface area contributed by atoms with Crippen molar-refractivity contribution < 1.29 is 30.0 Å². The molecule has 3 aromatic carbocycles. The van der Waals surface area contributed by atoms with Crippen LogP contribution in [0.1, 0.15) is 17.2 Å². The van der Waals surface area contributed by atoms with Crippen molar-refractivity contribution in [2.45, 2.75) is 22.0 Å². The van der Waals surface area contributed by atoms with Gasteiger partial charge in [-0.2, -0.15) is 13.2 Å². The zero-order valence-electron chi connectivity index (χ0n) is 17.2. The first-order valence-electron chi connectivity index (χ1n) is 9.57. The molecule has 0 spiro atoms. The molecule has 0 aromatic heterocycles. The van der Waals surface area contributed by atoms with E-state index in [-0.39, 0.29) is 19.1 Å². The first kappa shape index (κ1) is 25.2. The van der Waals surface area contributed by atoms with E-state index >= 15 is 0 Å². The molecule has 1 unspecified atom stereocenters. The molecule has 178 valence electrons. The molecule has 1 atom stereocenters. The lowest BCUT2D eigenvalue weighted by Gasteiger charge is -2.25. The van der Waals surface area contributed by atoms with Crippen molar-refractivity contribution in [3.8, 4) is 0 Å². The van der Waals surface area contributed by atoms with Crippen LogP contribution in [0.4, 0.5) is 13.2 Å². The van der Waals surface area contributed by atoms with Crippen LogP contribution in [0.3, 0.4) is 0 Å². The summed E-state index contributed by atoms with van der Waals surface area (Å²) in [6, 6.07) is 15.5. The second-order valence-corrected chi connectivity index (χ2v) is 10.9. The molecule has 0 N–H and O–H groups in total. The maximum Gasteiger partial charge on any atom is 0.416 e. The highest BCUT2D eigenvalue weighted by Gasteiger charge is 2.38. The Labute approximate surface area is 194 Å². The second-order valence-electron chi connectivity index (χ2n) is 6.93. The molecule has 0 saturated carbocycles. The number of alkyl halides is 3. The normalized spacial score (nSPS) is 13.3. The van der Waals surface area contributed by atoms with Crippen LogP contribution >= 0.6 is 0 Å². The molecule has 3 aromatic rings. The SMILES string of the molecule is [N-]=[N+]=NC(CN(S(=O)(=O)c1ccccc1)S(=O)(=O)c1ccccc1)c1ccc(C(F)(F)F)cc1. The molecule has 34 heavy (non-hydrogen) atoms. The Hall–Kier alpha value is -3.38. The zero-order chi connectivity index (χ0) is 25.0. The lowest BCUT2D eigenvalue weighted by Crippen LogP contribution is -2.39. The number of benzene rings is 3. The topological polar surface area (TPSA) is 120 Å². The van der Waals surface area contributed by atoms with Crippen molar-refractivity contribution in [2.75, 3.05) is 6.54 Å². The summed E-state index contributed by atoms with van der Waals surface area (Å²) in [5.41, 5.74) is 8.03. The molecule has 0 aliphatic rings. The quantitative estimate of drug-likeness (QED) is 0.237. The maximum absolute atomic E-state index is 13.4. The van der Waals surface area contributed by atoms with Crippen molar-refractivity contribution >= 4 is 20.0 Å². The zero-order valence-corrected chi connectivity index (χ0v) is 18.9. The van der Waals surface area contributed by atoms with Gasteiger partial charge in [0.25, 0.3) is 20.0 Å². The third-order valence-electron chi connectivity index (χ3n) is 4.75. The summed E-state index contributed by atoms with van der Waals surface area (Å²) in [5, 5.41) is 3.47. The lowest BCUT2D eigenvalue weighted by molar-refractivity contribution is -0.137. The van der Waals surface area contributed by atoms with Gasteiger partial charge in [0.2, 0.25) is 0 Å². The lowest BCUT2D eigenvalue weighted by atomic mass is 10.1. The van der Waals surface area contributed by atoms with Gasteiger partial charge in [0.05, 0.1) is 21.4 Å². The van der Waals surface area contributed by atoms with Crippen LogP contribution in [0.25, 0.3) is 10.4 Å². The van der Waals surface area contributed by atoms with E-state index < -0.39 is 44.4 Å². The Kier molecular flexibility index (Phi) is 7.32. The molecule has 0 aliphatic carbocycles. The van der Waals surface area contributed by atoms with E-state index in [0.29, 0.717) is 0 Å². The van der Waals surface area contributed by atoms with Crippen molar-refractivity contribution in [2.24, 2.45) is 5.11 Å². The van der Waals surface area contributed by atoms with Gasteiger partial charge in [0.1, 0.15) is 0 Å². The van der Waals surface area contributed by atoms with E-state index in [1.54, 1.807) is 12.1 Å². The minimum Gasteiger partial charge on any atom is -0.206 e. The molecule has 8 nitrogen and oxygen atoms in total. The number of rotatable bonds is 8. The van der Waals surface area contributed by atoms with Gasteiger partial charge in [-0.3, -0.25) is 0 Å². The Bertz CT molecular complexity index is 1320. The average Bonchev–Trinajstić information content (AvgIpc) is 2.82. The van der Waals surface area contributed by atoms with Gasteiger partial charge in [0.15, 0.2) is 0 Å². The van der Waals surface area contributed by atoms with E-state index in [4.69, 9.17) is 5.53 Å². The number of halogens is 3. The van der Waals surface area contributed by atoms with Gasteiger partial charge in [-0.1, -0.05) is 57.4 Å². The fourth-order valence-corrected chi connectivity index (χ4v) is 6.75. The van der Waals surface area contributed by atoms with Crippen LogP contribution < -0.4 is 0 Å². The standard InChI is InChI=1S/C21H17F3N4O4S2/c22-21(23,24)17-13-11-16(12-14-17)20(26-27-25)15-28(33(29,30)18-7-3-1-4-8-18)34(31,32)19-9-5-2-6-10-19/h1-14,20H,15H2. The number of azide groups is 1. The molecular formula is C21H17F3N4O4S2. The van der Waals surface area contributed by atoms with Crippen molar-refractivity contribution in [3.05, 3.63) is 106 Å². The predicted octanol–water partition coefficient (Wildman–Crippen LogP) is 5.14. The molecule has 0 heterocycles. The molecule has 0 bridgehead atoms. The molecule has 0 amide bonds. The first-order chi connectivity index (χ1) is 16.0. The Morgan fingerprint density at radius 3 is 1.62 bits per heavy atom. The third-order valence-corrected chi connectivity index (χ3v) is 9.04. The van der Waals surface area contributed by atoms with E-state index in [9.17, 15) is 30.0 Å². The van der Waals surface area contributed by atoms with Crippen LogP contribution in [-0.2, 0) is 26.2 Å². The van der Waals surface area contributed by atoms with Gasteiger partial charge in [-0.25, -0.2) is 16.8 Å². The summed E-state index contributed by atoms with van der Waals surface area (Å²) < 4.78 is 92.4. The highest BCUT2D eigenvalue weighted by molar-refractivity contribution is 8.04. The number of sulfonamides is 2. The van der Waals surface area contributed by atoms with Gasteiger partial charge in [0, 0.05) is 11.5 Å². The smallest absolute Gasteiger partial charge is 0.206 e. The van der Waals surface area contributed by atoms with Crippen LogP contribution in [0, 0.1) is 0 Å². The van der Waals surface area contributed by atoms with Crippen LogP contribution in [0.5, 0.6) is 0 Å². The monoisotopic (exact) mass is 510 g/mol. The maximum atomic E-state index is 13.4. The Morgan fingerprint density at radius 2 is 1.24 bits per heavy atom. The number of hydrogen-bond acceptors (Lipinski definition) is 5. The predicted molar refractivity (Wildman–Crippen MR) is 117 cm³/mol. The minimum absolute atomic E-state index is 0.00215. The van der Waals surface area contributed by atoms with Crippen LogP contribution in [0.2, 0.25) is 0 Å². The van der Waals surface area contributed by atoms with Crippen molar-refractivity contribution in [1.82, 2.24) is 3.71 Å². The molecular weight excluding hydrogens is 493 g/mol. The van der Waals surface area contributed by atoms with Gasteiger partial charge < -0.3 is 0 Å². The van der Waals surface area contributed by atoms with Crippen LogP contribution in [-0.4, -0.2) is 27.1 Å². The molecule has 0 fully saturated rings. The molecule has 0 aliphatic heterocycles. The largest absolute Gasteiger partial charge is 0.416 e. The van der Waals surface area contributed by atoms with Crippen molar-refractivity contribution in [3.63, 3.8) is 0 Å². The number of nitrogens with zero attached hydrogens (tertiary/aromatic N) is 4. The Morgan fingerprint density at radius 1 is 0.794 bits per heavy atom. The average molecular weight is 511 g/mol. The summed E-state index contributed by atoms with van der Waals surface area (Å²) in [7, 11) is -9.36. The van der Waals surface area contributed by atoms with Gasteiger partial charge >= 0.3 is 6.18 Å². The second kappa shape index (κ2) is 9.85. The summed E-state index contributed by atoms with van der Waals surface area (Å²) in [4.78, 5) is 1.97. The summed E-state index contributed by atoms with van der Waals surface area (Å²) in [5.74, 6) is 0.